The average molecular weight is 397 g/mol. The Morgan fingerprint density at radius 2 is 2.21 bits per heavy atom. The summed E-state index contributed by atoms with van der Waals surface area (Å²) in [6.07, 6.45) is 5.52. The Kier molecular flexibility index (Phi) is 8.60. The number of fused-ring (bicyclic) bond motifs is 1. The molecule has 2 atom stereocenters. The molecule has 2 N–H and O–H groups in total. The van der Waals surface area contributed by atoms with E-state index in [1.807, 2.05) is 18.5 Å². The van der Waals surface area contributed by atoms with Crippen molar-refractivity contribution in [3.63, 3.8) is 0 Å². The molecule has 1 aliphatic rings. The molecule has 0 amide bonds. The number of aryl methyl sites for hydroxylation is 1. The third-order valence-electron chi connectivity index (χ3n) is 4.38. The lowest BCUT2D eigenvalue weighted by molar-refractivity contribution is 0.0909. The molecule has 2 aromatic rings. The fraction of sp³-hybridized carbons (Fsp3) is 0.562. The highest BCUT2D eigenvalue weighted by Crippen LogP contribution is 2.31. The number of aliphatic hydroxyl groups excluding tert-OH is 1. The van der Waals surface area contributed by atoms with E-state index in [1.54, 1.807) is 7.11 Å². The van der Waals surface area contributed by atoms with Gasteiger partial charge in [0.2, 0.25) is 0 Å². The van der Waals surface area contributed by atoms with Gasteiger partial charge in [0, 0.05) is 12.6 Å². The fourth-order valence-corrected chi connectivity index (χ4v) is 3.41. The number of aliphatic hydroxyl groups is 1. The topological polar surface area (TPSA) is 59.3 Å². The van der Waals surface area contributed by atoms with Crippen molar-refractivity contribution >= 4 is 47.4 Å². The molecule has 0 spiro atoms. The van der Waals surface area contributed by atoms with Crippen LogP contribution in [0.2, 0.25) is 5.02 Å². The maximum absolute atomic E-state index is 9.98. The molecular formula is C16H24Cl3N3O2. The van der Waals surface area contributed by atoms with E-state index in [2.05, 4.69) is 14.9 Å². The minimum absolute atomic E-state index is 0. The third kappa shape index (κ3) is 4.46. The zero-order valence-electron chi connectivity index (χ0n) is 13.6. The Balaban J connectivity index is 0.00000144. The normalized spacial score (nSPS) is 20.3. The van der Waals surface area contributed by atoms with E-state index < -0.39 is 0 Å². The molecule has 0 aliphatic carbocycles. The summed E-state index contributed by atoms with van der Waals surface area (Å²) in [5.41, 5.74) is 1.79. The summed E-state index contributed by atoms with van der Waals surface area (Å²) in [7, 11) is 1.60. The summed E-state index contributed by atoms with van der Waals surface area (Å²) in [5.74, 6) is 0.647. The van der Waals surface area contributed by atoms with Gasteiger partial charge in [0.15, 0.2) is 0 Å². The Labute approximate surface area is 159 Å². The van der Waals surface area contributed by atoms with Gasteiger partial charge in [-0.25, -0.2) is 4.98 Å². The highest BCUT2D eigenvalue weighted by Gasteiger charge is 2.21. The van der Waals surface area contributed by atoms with Crippen LogP contribution in [0.25, 0.3) is 11.0 Å². The van der Waals surface area contributed by atoms with Crippen LogP contribution in [0.1, 0.15) is 25.7 Å². The number of ether oxygens (including phenoxy) is 1. The maximum Gasteiger partial charge on any atom is 0.139 e. The van der Waals surface area contributed by atoms with Crippen molar-refractivity contribution in [2.45, 2.75) is 44.4 Å². The molecule has 1 aromatic heterocycles. The van der Waals surface area contributed by atoms with Crippen molar-refractivity contribution in [1.82, 2.24) is 14.9 Å². The average Bonchev–Trinajstić information content (AvgIpc) is 2.94. The van der Waals surface area contributed by atoms with Crippen LogP contribution in [-0.4, -0.2) is 40.5 Å². The first-order valence-electron chi connectivity index (χ1n) is 7.79. The molecule has 0 bridgehead atoms. The predicted molar refractivity (Wildman–Crippen MR) is 102 cm³/mol. The summed E-state index contributed by atoms with van der Waals surface area (Å²) >= 11 is 6.29. The summed E-state index contributed by atoms with van der Waals surface area (Å²) in [6, 6.07) is 4.07. The first-order chi connectivity index (χ1) is 10.7. The van der Waals surface area contributed by atoms with Crippen molar-refractivity contribution in [1.29, 1.82) is 0 Å². The molecule has 1 aromatic carbocycles. The van der Waals surface area contributed by atoms with Crippen molar-refractivity contribution < 1.29 is 9.84 Å². The number of aromatic nitrogens is 2. The minimum atomic E-state index is -0.216. The zero-order valence-corrected chi connectivity index (χ0v) is 16.0. The predicted octanol–water partition coefficient (Wildman–Crippen LogP) is 3.44. The second kappa shape index (κ2) is 9.68. The molecular weight excluding hydrogens is 373 g/mol. The van der Waals surface area contributed by atoms with Gasteiger partial charge in [0.05, 0.1) is 25.1 Å². The number of hydrogen-bond donors (Lipinski definition) is 2. The van der Waals surface area contributed by atoms with E-state index in [-0.39, 0.29) is 37.0 Å². The van der Waals surface area contributed by atoms with Crippen molar-refractivity contribution in [2.75, 3.05) is 13.7 Å². The molecule has 2 heterocycles. The van der Waals surface area contributed by atoms with Crippen LogP contribution in [0.3, 0.4) is 0 Å². The van der Waals surface area contributed by atoms with Crippen LogP contribution in [0.5, 0.6) is 5.75 Å². The molecule has 8 heteroatoms. The van der Waals surface area contributed by atoms with E-state index in [1.165, 1.54) is 0 Å². The lowest BCUT2D eigenvalue weighted by atomic mass is 9.97. The molecule has 1 aliphatic heterocycles. The molecule has 24 heavy (non-hydrogen) atoms. The van der Waals surface area contributed by atoms with Gasteiger partial charge in [0.1, 0.15) is 16.3 Å². The molecule has 5 nitrogen and oxygen atoms in total. The molecule has 0 saturated carbocycles. The SMILES string of the molecule is COc1ccc2c(ncn2CCC[C@H]2NCCC[C@@H]2O)c1Cl.Cl.Cl. The van der Waals surface area contributed by atoms with Gasteiger partial charge in [-0.3, -0.25) is 0 Å². The Bertz CT molecular complexity index is 651. The van der Waals surface area contributed by atoms with E-state index in [4.69, 9.17) is 16.3 Å². The number of nitrogens with zero attached hydrogens (tertiary/aromatic N) is 2. The second-order valence-electron chi connectivity index (χ2n) is 5.80. The van der Waals surface area contributed by atoms with Crippen molar-refractivity contribution in [3.05, 3.63) is 23.5 Å². The van der Waals surface area contributed by atoms with Crippen molar-refractivity contribution in [3.8, 4) is 5.75 Å². The molecule has 0 radical (unpaired) electrons. The lowest BCUT2D eigenvalue weighted by Crippen LogP contribution is -2.44. The van der Waals surface area contributed by atoms with Crippen LogP contribution < -0.4 is 10.1 Å². The smallest absolute Gasteiger partial charge is 0.139 e. The number of imidazole rings is 1. The zero-order chi connectivity index (χ0) is 15.5. The summed E-state index contributed by atoms with van der Waals surface area (Å²) in [5, 5.41) is 13.9. The number of rotatable bonds is 5. The quantitative estimate of drug-likeness (QED) is 0.813. The lowest BCUT2D eigenvalue weighted by Gasteiger charge is -2.29. The van der Waals surface area contributed by atoms with E-state index in [9.17, 15) is 5.11 Å². The van der Waals surface area contributed by atoms with Crippen LogP contribution in [-0.2, 0) is 6.54 Å². The summed E-state index contributed by atoms with van der Waals surface area (Å²) in [4.78, 5) is 4.39. The van der Waals surface area contributed by atoms with Crippen LogP contribution in [0.4, 0.5) is 0 Å². The Morgan fingerprint density at radius 1 is 1.42 bits per heavy atom. The van der Waals surface area contributed by atoms with Gasteiger partial charge < -0.3 is 19.7 Å². The first kappa shape index (κ1) is 21.3. The van der Waals surface area contributed by atoms with Crippen LogP contribution >= 0.6 is 36.4 Å². The highest BCUT2D eigenvalue weighted by atomic mass is 35.5. The number of methoxy groups -OCH3 is 1. The van der Waals surface area contributed by atoms with Gasteiger partial charge in [-0.1, -0.05) is 11.6 Å². The largest absolute Gasteiger partial charge is 0.495 e. The minimum Gasteiger partial charge on any atom is -0.495 e. The molecule has 1 saturated heterocycles. The number of nitrogens with one attached hydrogen (secondary N) is 1. The number of benzene rings is 1. The fourth-order valence-electron chi connectivity index (χ4n) is 3.13. The van der Waals surface area contributed by atoms with Crippen LogP contribution in [0.15, 0.2) is 18.5 Å². The summed E-state index contributed by atoms with van der Waals surface area (Å²) < 4.78 is 7.32. The van der Waals surface area contributed by atoms with E-state index in [0.29, 0.717) is 10.8 Å². The maximum atomic E-state index is 9.98. The Morgan fingerprint density at radius 3 is 2.92 bits per heavy atom. The second-order valence-corrected chi connectivity index (χ2v) is 6.18. The number of halogens is 3. The van der Waals surface area contributed by atoms with E-state index >= 15 is 0 Å². The standard InChI is InChI=1S/C16H22ClN3O2.2ClH/c1-22-14-7-6-12-16(15(14)17)19-10-20(12)9-3-4-11-13(21)5-2-8-18-11;;/h6-7,10-11,13,18,21H,2-5,8-9H2,1H3;2*1H/t11-,13+;;/m1../s1. The molecule has 1 fully saturated rings. The van der Waals surface area contributed by atoms with Crippen molar-refractivity contribution in [2.24, 2.45) is 0 Å². The monoisotopic (exact) mass is 395 g/mol. The van der Waals surface area contributed by atoms with Gasteiger partial charge in [-0.15, -0.1) is 24.8 Å². The van der Waals surface area contributed by atoms with Gasteiger partial charge >= 0.3 is 0 Å². The number of piperidine rings is 1. The summed E-state index contributed by atoms with van der Waals surface area (Å²) in [6.45, 7) is 1.87. The van der Waals surface area contributed by atoms with Gasteiger partial charge in [0.25, 0.3) is 0 Å². The van der Waals surface area contributed by atoms with Crippen LogP contribution in [0, 0.1) is 0 Å². The Hall–Kier alpha value is -0.720. The molecule has 136 valence electrons. The highest BCUT2D eigenvalue weighted by molar-refractivity contribution is 6.36. The van der Waals surface area contributed by atoms with Gasteiger partial charge in [-0.2, -0.15) is 0 Å². The first-order valence-corrected chi connectivity index (χ1v) is 8.17. The van der Waals surface area contributed by atoms with Gasteiger partial charge in [-0.05, 0) is 44.4 Å². The molecule has 3 rings (SSSR count). The number of hydrogen-bond acceptors (Lipinski definition) is 4. The van der Waals surface area contributed by atoms with E-state index in [0.717, 1.165) is 49.8 Å². The third-order valence-corrected chi connectivity index (χ3v) is 4.74. The molecule has 0 unspecified atom stereocenters.